The predicted octanol–water partition coefficient (Wildman–Crippen LogP) is 3.13. The highest BCUT2D eigenvalue weighted by Gasteiger charge is 1.98. The van der Waals surface area contributed by atoms with Crippen LogP contribution in [0.2, 0.25) is 0 Å². The van der Waals surface area contributed by atoms with Gasteiger partial charge in [-0.25, -0.2) is 4.79 Å². The molecule has 2 nitrogen and oxygen atoms in total. The largest absolute Gasteiger partial charge is 0.478 e. The number of carboxylic acid groups (broad SMARTS) is 1. The summed E-state index contributed by atoms with van der Waals surface area (Å²) >= 11 is 0. The zero-order valence-corrected chi connectivity index (χ0v) is 8.94. The molecule has 1 N–H and O–H groups in total. The maximum absolute atomic E-state index is 10.4. The fraction of sp³-hybridized carbons (Fsp3) is 0.308. The summed E-state index contributed by atoms with van der Waals surface area (Å²) in [5, 5.41) is 8.55. The van der Waals surface area contributed by atoms with Gasteiger partial charge < -0.3 is 5.11 Å². The lowest BCUT2D eigenvalue weighted by Gasteiger charge is -2.04. The maximum Gasteiger partial charge on any atom is 0.328 e. The van der Waals surface area contributed by atoms with Crippen LogP contribution in [-0.2, 0) is 11.2 Å². The first-order chi connectivity index (χ1) is 7.24. The zero-order chi connectivity index (χ0) is 11.1. The highest BCUT2D eigenvalue weighted by Crippen LogP contribution is 2.13. The topological polar surface area (TPSA) is 37.3 Å². The molecule has 0 aliphatic rings. The summed E-state index contributed by atoms with van der Waals surface area (Å²) in [6, 6.07) is 7.92. The van der Waals surface area contributed by atoms with E-state index >= 15 is 0 Å². The number of carbonyl (C=O) groups is 1. The van der Waals surface area contributed by atoms with Gasteiger partial charge in [-0.05, 0) is 30.0 Å². The van der Waals surface area contributed by atoms with Crippen molar-refractivity contribution in [1.29, 1.82) is 0 Å². The average Bonchev–Trinajstić information content (AvgIpc) is 2.24. The Bertz CT molecular complexity index is 353. The summed E-state index contributed by atoms with van der Waals surface area (Å²) in [5.41, 5.74) is 2.23. The van der Waals surface area contributed by atoms with Gasteiger partial charge >= 0.3 is 5.97 Å². The summed E-state index contributed by atoms with van der Waals surface area (Å²) < 4.78 is 0. The van der Waals surface area contributed by atoms with Crippen molar-refractivity contribution in [3.05, 3.63) is 41.5 Å². The molecule has 0 fully saturated rings. The second-order valence-corrected chi connectivity index (χ2v) is 3.47. The molecule has 80 valence electrons. The Balaban J connectivity index is 2.81. The lowest BCUT2D eigenvalue weighted by atomic mass is 10.0. The first-order valence-electron chi connectivity index (χ1n) is 5.23. The molecule has 0 radical (unpaired) electrons. The molecular weight excluding hydrogens is 188 g/mol. The van der Waals surface area contributed by atoms with Crippen LogP contribution in [0, 0.1) is 0 Å². The van der Waals surface area contributed by atoms with Gasteiger partial charge in [0.15, 0.2) is 0 Å². The molecule has 0 aliphatic carbocycles. The molecule has 0 heterocycles. The van der Waals surface area contributed by atoms with Crippen molar-refractivity contribution in [3.8, 4) is 0 Å². The molecule has 0 unspecified atom stereocenters. The molecule has 0 saturated carbocycles. The minimum Gasteiger partial charge on any atom is -0.478 e. The monoisotopic (exact) mass is 204 g/mol. The highest BCUT2D eigenvalue weighted by atomic mass is 16.4. The number of rotatable bonds is 5. The maximum atomic E-state index is 10.4. The number of aryl methyl sites for hydroxylation is 1. The second-order valence-electron chi connectivity index (χ2n) is 3.47. The summed E-state index contributed by atoms with van der Waals surface area (Å²) in [7, 11) is 0. The van der Waals surface area contributed by atoms with Crippen LogP contribution in [0.5, 0.6) is 0 Å². The summed E-state index contributed by atoms with van der Waals surface area (Å²) in [6.45, 7) is 2.15. The van der Waals surface area contributed by atoms with E-state index in [0.717, 1.165) is 24.8 Å². The first kappa shape index (κ1) is 11.5. The zero-order valence-electron chi connectivity index (χ0n) is 8.94. The van der Waals surface area contributed by atoms with E-state index in [1.807, 2.05) is 18.2 Å². The van der Waals surface area contributed by atoms with Crippen LogP contribution in [0.15, 0.2) is 30.3 Å². The molecular formula is C13H16O2. The average molecular weight is 204 g/mol. The Hall–Kier alpha value is -1.57. The number of benzene rings is 1. The van der Waals surface area contributed by atoms with Crippen LogP contribution in [0.4, 0.5) is 0 Å². The number of hydrogen-bond acceptors (Lipinski definition) is 1. The second kappa shape index (κ2) is 6.02. The Labute approximate surface area is 90.3 Å². The van der Waals surface area contributed by atoms with E-state index in [-0.39, 0.29) is 0 Å². The van der Waals surface area contributed by atoms with Gasteiger partial charge in [-0.15, -0.1) is 0 Å². The summed E-state index contributed by atoms with van der Waals surface area (Å²) in [4.78, 5) is 10.4. The summed E-state index contributed by atoms with van der Waals surface area (Å²) in [5.74, 6) is -0.903. The first-order valence-corrected chi connectivity index (χ1v) is 5.23. The standard InChI is InChI=1S/C13H16O2/c1-2-3-6-11-7-4-5-8-12(11)9-10-13(14)15/h4-5,7-10H,2-3,6H2,1H3,(H,14,15)/b10-9+. The van der Waals surface area contributed by atoms with Crippen molar-refractivity contribution in [2.24, 2.45) is 0 Å². The summed E-state index contributed by atoms with van der Waals surface area (Å²) in [6.07, 6.45) is 6.14. The third-order valence-corrected chi connectivity index (χ3v) is 2.26. The Morgan fingerprint density at radius 1 is 1.40 bits per heavy atom. The van der Waals surface area contributed by atoms with E-state index in [1.54, 1.807) is 6.08 Å². The Morgan fingerprint density at radius 2 is 2.13 bits per heavy atom. The van der Waals surface area contributed by atoms with Crippen LogP contribution in [0.1, 0.15) is 30.9 Å². The fourth-order valence-electron chi connectivity index (χ4n) is 1.45. The van der Waals surface area contributed by atoms with Gasteiger partial charge in [0, 0.05) is 6.08 Å². The SMILES string of the molecule is CCCCc1ccccc1/C=C/C(=O)O. The van der Waals surface area contributed by atoms with Crippen molar-refractivity contribution in [3.63, 3.8) is 0 Å². The minimum atomic E-state index is -0.903. The van der Waals surface area contributed by atoms with Gasteiger partial charge in [0.05, 0.1) is 0 Å². The van der Waals surface area contributed by atoms with Crippen LogP contribution >= 0.6 is 0 Å². The lowest BCUT2D eigenvalue weighted by Crippen LogP contribution is -1.90. The molecule has 0 spiro atoms. The predicted molar refractivity (Wildman–Crippen MR) is 61.7 cm³/mol. The number of hydrogen-bond donors (Lipinski definition) is 1. The number of unbranched alkanes of at least 4 members (excludes halogenated alkanes) is 1. The van der Waals surface area contributed by atoms with Crippen LogP contribution < -0.4 is 0 Å². The molecule has 0 aliphatic heterocycles. The third-order valence-electron chi connectivity index (χ3n) is 2.26. The minimum absolute atomic E-state index is 0.903. The molecule has 0 atom stereocenters. The van der Waals surface area contributed by atoms with Gasteiger partial charge in [0.1, 0.15) is 0 Å². The highest BCUT2D eigenvalue weighted by molar-refractivity contribution is 5.85. The van der Waals surface area contributed by atoms with Crippen molar-refractivity contribution < 1.29 is 9.90 Å². The van der Waals surface area contributed by atoms with Gasteiger partial charge in [-0.1, -0.05) is 37.6 Å². The van der Waals surface area contributed by atoms with Crippen LogP contribution in [0.25, 0.3) is 6.08 Å². The van der Waals surface area contributed by atoms with Gasteiger partial charge in [0.2, 0.25) is 0 Å². The molecule has 0 aromatic heterocycles. The number of carboxylic acids is 1. The molecule has 2 heteroatoms. The van der Waals surface area contributed by atoms with Crippen LogP contribution in [-0.4, -0.2) is 11.1 Å². The Kier molecular flexibility index (Phi) is 4.61. The molecule has 1 aromatic carbocycles. The number of aliphatic carboxylic acids is 1. The van der Waals surface area contributed by atoms with E-state index in [0.29, 0.717) is 0 Å². The normalized spacial score (nSPS) is 10.7. The molecule has 1 rings (SSSR count). The van der Waals surface area contributed by atoms with Gasteiger partial charge in [-0.3, -0.25) is 0 Å². The quantitative estimate of drug-likeness (QED) is 0.748. The lowest BCUT2D eigenvalue weighted by molar-refractivity contribution is -0.131. The molecule has 0 saturated heterocycles. The van der Waals surface area contributed by atoms with E-state index in [9.17, 15) is 4.79 Å². The van der Waals surface area contributed by atoms with Crippen molar-refractivity contribution in [2.45, 2.75) is 26.2 Å². The molecule has 15 heavy (non-hydrogen) atoms. The Morgan fingerprint density at radius 3 is 2.80 bits per heavy atom. The van der Waals surface area contributed by atoms with Gasteiger partial charge in [0.25, 0.3) is 0 Å². The fourth-order valence-corrected chi connectivity index (χ4v) is 1.45. The van der Waals surface area contributed by atoms with E-state index in [4.69, 9.17) is 5.11 Å². The van der Waals surface area contributed by atoms with E-state index in [2.05, 4.69) is 13.0 Å². The van der Waals surface area contributed by atoms with Crippen molar-refractivity contribution in [1.82, 2.24) is 0 Å². The molecule has 0 amide bonds. The smallest absolute Gasteiger partial charge is 0.328 e. The van der Waals surface area contributed by atoms with Crippen molar-refractivity contribution >= 4 is 12.0 Å². The molecule has 1 aromatic rings. The van der Waals surface area contributed by atoms with Gasteiger partial charge in [-0.2, -0.15) is 0 Å². The third kappa shape index (κ3) is 3.98. The van der Waals surface area contributed by atoms with Crippen LogP contribution in [0.3, 0.4) is 0 Å². The van der Waals surface area contributed by atoms with E-state index < -0.39 is 5.97 Å². The van der Waals surface area contributed by atoms with E-state index in [1.165, 1.54) is 11.6 Å². The molecule has 0 bridgehead atoms. The van der Waals surface area contributed by atoms with Crippen molar-refractivity contribution in [2.75, 3.05) is 0 Å².